The summed E-state index contributed by atoms with van der Waals surface area (Å²) in [5.74, 6) is 1.64. The van der Waals surface area contributed by atoms with Gasteiger partial charge in [-0.05, 0) is 55.6 Å². The minimum Gasteiger partial charge on any atom is -0.367 e. The van der Waals surface area contributed by atoms with Crippen LogP contribution in [0.1, 0.15) is 18.4 Å². The number of aromatic nitrogens is 4. The molecule has 162 valence electrons. The minimum absolute atomic E-state index is 0.455. The summed E-state index contributed by atoms with van der Waals surface area (Å²) in [6.45, 7) is 6.32. The molecule has 1 aliphatic rings. The van der Waals surface area contributed by atoms with E-state index in [0.717, 1.165) is 70.9 Å². The van der Waals surface area contributed by atoms with Crippen LogP contribution in [0.2, 0.25) is 0 Å². The molecule has 7 heteroatoms. The number of pyridine rings is 2. The molecule has 0 atom stereocenters. The predicted octanol–water partition coefficient (Wildman–Crippen LogP) is 4.28. The number of nitrogens with one attached hydrogen (secondary N) is 3. The topological polar surface area (TPSA) is 79.7 Å². The van der Waals surface area contributed by atoms with Gasteiger partial charge in [-0.25, -0.2) is 15.0 Å². The van der Waals surface area contributed by atoms with Crippen molar-refractivity contribution >= 4 is 28.1 Å². The Kier molecular flexibility index (Phi) is 5.56. The van der Waals surface area contributed by atoms with E-state index in [1.165, 1.54) is 0 Å². The van der Waals surface area contributed by atoms with Crippen molar-refractivity contribution in [1.29, 1.82) is 0 Å². The molecule has 0 aliphatic carbocycles. The van der Waals surface area contributed by atoms with Crippen molar-refractivity contribution < 1.29 is 0 Å². The highest BCUT2D eigenvalue weighted by molar-refractivity contribution is 5.89. The van der Waals surface area contributed by atoms with Crippen LogP contribution in [-0.2, 0) is 7.05 Å². The van der Waals surface area contributed by atoms with Crippen LogP contribution in [0, 0.1) is 0 Å². The summed E-state index contributed by atoms with van der Waals surface area (Å²) in [5, 5.41) is 12.5. The van der Waals surface area contributed by atoms with E-state index in [1.807, 2.05) is 48.7 Å². The molecule has 3 N–H and O–H groups in total. The van der Waals surface area contributed by atoms with E-state index in [2.05, 4.69) is 61.7 Å². The second kappa shape index (κ2) is 8.80. The summed E-state index contributed by atoms with van der Waals surface area (Å²) < 4.78 is 2.02. The lowest BCUT2D eigenvalue weighted by Crippen LogP contribution is -2.35. The van der Waals surface area contributed by atoms with Crippen LogP contribution in [-0.4, -0.2) is 38.7 Å². The molecule has 3 aromatic heterocycles. The lowest BCUT2D eigenvalue weighted by atomic mass is 10.1. The second-order valence-corrected chi connectivity index (χ2v) is 8.22. The van der Waals surface area contributed by atoms with Crippen molar-refractivity contribution in [3.63, 3.8) is 0 Å². The van der Waals surface area contributed by atoms with Gasteiger partial charge >= 0.3 is 0 Å². The number of hydrogen-bond acceptors (Lipinski definition) is 6. The number of aryl methyl sites for hydroxylation is 1. The normalized spacial score (nSPS) is 14.4. The molecule has 0 bridgehead atoms. The molecule has 0 radical (unpaired) electrons. The standard InChI is InChI=1S/C25H27N7/c1-17(18-5-10-28-24(12-18)31-22-6-8-26-9-7-22)30-25-13-21-11-19(3-4-20(21)14-29-25)23-15-27-16-32(23)2/h3-5,10-16,22,26H,1,6-9H2,2H3,(H,28,31)(H,29,30). The summed E-state index contributed by atoms with van der Waals surface area (Å²) >= 11 is 0. The van der Waals surface area contributed by atoms with Crippen molar-refractivity contribution in [3.05, 3.63) is 73.5 Å². The van der Waals surface area contributed by atoms with Gasteiger partial charge in [-0.3, -0.25) is 0 Å². The third-order valence-electron chi connectivity index (χ3n) is 5.91. The number of fused-ring (bicyclic) bond motifs is 1. The van der Waals surface area contributed by atoms with E-state index in [-0.39, 0.29) is 0 Å². The van der Waals surface area contributed by atoms with Crippen LogP contribution < -0.4 is 16.0 Å². The number of anilines is 2. The van der Waals surface area contributed by atoms with Crippen molar-refractivity contribution in [2.75, 3.05) is 23.7 Å². The number of hydrogen-bond donors (Lipinski definition) is 3. The first kappa shape index (κ1) is 20.2. The van der Waals surface area contributed by atoms with Gasteiger partial charge in [0.1, 0.15) is 11.6 Å². The molecule has 4 aromatic rings. The first-order valence-corrected chi connectivity index (χ1v) is 10.9. The van der Waals surface area contributed by atoms with Crippen LogP contribution in [0.5, 0.6) is 0 Å². The molecule has 0 unspecified atom stereocenters. The second-order valence-electron chi connectivity index (χ2n) is 8.22. The highest BCUT2D eigenvalue weighted by atomic mass is 15.0. The van der Waals surface area contributed by atoms with Crippen LogP contribution in [0.3, 0.4) is 0 Å². The summed E-state index contributed by atoms with van der Waals surface area (Å²) in [6.07, 6.45) is 9.60. The first-order valence-electron chi connectivity index (χ1n) is 10.9. The quantitative estimate of drug-likeness (QED) is 0.428. The first-order chi connectivity index (χ1) is 15.7. The van der Waals surface area contributed by atoms with E-state index in [0.29, 0.717) is 6.04 Å². The molecule has 0 amide bonds. The van der Waals surface area contributed by atoms with Crippen molar-refractivity contribution in [3.8, 4) is 11.3 Å². The smallest absolute Gasteiger partial charge is 0.130 e. The maximum Gasteiger partial charge on any atom is 0.130 e. The number of rotatable bonds is 6. The molecule has 1 saturated heterocycles. The Balaban J connectivity index is 1.34. The molecule has 32 heavy (non-hydrogen) atoms. The minimum atomic E-state index is 0.455. The zero-order valence-electron chi connectivity index (χ0n) is 18.2. The fourth-order valence-electron chi connectivity index (χ4n) is 4.10. The van der Waals surface area contributed by atoms with Crippen molar-refractivity contribution in [2.24, 2.45) is 7.05 Å². The molecule has 5 rings (SSSR count). The Labute approximate surface area is 187 Å². The third-order valence-corrected chi connectivity index (χ3v) is 5.91. The lowest BCUT2D eigenvalue weighted by molar-refractivity contribution is 0.478. The van der Waals surface area contributed by atoms with Gasteiger partial charge in [0.25, 0.3) is 0 Å². The van der Waals surface area contributed by atoms with Crippen LogP contribution in [0.15, 0.2) is 67.9 Å². The third kappa shape index (κ3) is 4.33. The van der Waals surface area contributed by atoms with Crippen LogP contribution >= 0.6 is 0 Å². The summed E-state index contributed by atoms with van der Waals surface area (Å²) in [5.41, 5.74) is 3.97. The average Bonchev–Trinajstić information content (AvgIpc) is 3.25. The maximum atomic E-state index is 4.57. The van der Waals surface area contributed by atoms with Gasteiger partial charge in [0.15, 0.2) is 0 Å². The molecular formula is C25H27N7. The van der Waals surface area contributed by atoms with Gasteiger partial charge in [-0.15, -0.1) is 0 Å². The van der Waals surface area contributed by atoms with E-state index >= 15 is 0 Å². The highest BCUT2D eigenvalue weighted by Crippen LogP contribution is 2.26. The number of nitrogens with zero attached hydrogens (tertiary/aromatic N) is 4. The largest absolute Gasteiger partial charge is 0.367 e. The predicted molar refractivity (Wildman–Crippen MR) is 130 cm³/mol. The van der Waals surface area contributed by atoms with Gasteiger partial charge in [0.2, 0.25) is 0 Å². The fraction of sp³-hybridized carbons (Fsp3) is 0.240. The molecule has 1 fully saturated rings. The van der Waals surface area contributed by atoms with Gasteiger partial charge in [0.05, 0.1) is 18.2 Å². The van der Waals surface area contributed by atoms with Crippen LogP contribution in [0.4, 0.5) is 11.6 Å². The summed E-state index contributed by atoms with van der Waals surface area (Å²) in [6, 6.07) is 12.9. The molecule has 1 aliphatic heterocycles. The van der Waals surface area contributed by atoms with Crippen LogP contribution in [0.25, 0.3) is 27.7 Å². The number of piperidine rings is 1. The van der Waals surface area contributed by atoms with E-state index in [1.54, 1.807) is 0 Å². The highest BCUT2D eigenvalue weighted by Gasteiger charge is 2.13. The molecule has 0 saturated carbocycles. The number of imidazole rings is 1. The van der Waals surface area contributed by atoms with E-state index in [9.17, 15) is 0 Å². The lowest BCUT2D eigenvalue weighted by Gasteiger charge is -2.24. The monoisotopic (exact) mass is 425 g/mol. The Bertz CT molecular complexity index is 1250. The zero-order chi connectivity index (χ0) is 21.9. The van der Waals surface area contributed by atoms with Gasteiger partial charge in [-0.2, -0.15) is 0 Å². The van der Waals surface area contributed by atoms with Crippen molar-refractivity contribution in [1.82, 2.24) is 24.8 Å². The molecule has 0 spiro atoms. The average molecular weight is 426 g/mol. The molecule has 7 nitrogen and oxygen atoms in total. The molecule has 4 heterocycles. The molecule has 1 aromatic carbocycles. The van der Waals surface area contributed by atoms with E-state index < -0.39 is 0 Å². The maximum absolute atomic E-state index is 4.57. The fourth-order valence-corrected chi connectivity index (χ4v) is 4.10. The Morgan fingerprint density at radius 2 is 1.91 bits per heavy atom. The summed E-state index contributed by atoms with van der Waals surface area (Å²) in [7, 11) is 2.00. The Morgan fingerprint density at radius 3 is 2.72 bits per heavy atom. The van der Waals surface area contributed by atoms with Gasteiger partial charge in [0, 0.05) is 47.7 Å². The van der Waals surface area contributed by atoms with Gasteiger partial charge in [-0.1, -0.05) is 18.7 Å². The Morgan fingerprint density at radius 1 is 1.03 bits per heavy atom. The van der Waals surface area contributed by atoms with E-state index in [4.69, 9.17) is 0 Å². The van der Waals surface area contributed by atoms with Gasteiger partial charge < -0.3 is 20.5 Å². The van der Waals surface area contributed by atoms with Crippen molar-refractivity contribution in [2.45, 2.75) is 18.9 Å². The molecular weight excluding hydrogens is 398 g/mol. The number of benzene rings is 1. The SMILES string of the molecule is C=C(Nc1cc2cc(-c3cncn3C)ccc2cn1)c1ccnc(NC2CCNCC2)c1. The Hall–Kier alpha value is -3.71. The summed E-state index contributed by atoms with van der Waals surface area (Å²) in [4.78, 5) is 13.3. The zero-order valence-corrected chi connectivity index (χ0v) is 18.2.